The van der Waals surface area contributed by atoms with Crippen LogP contribution in [0.15, 0.2) is 29.3 Å². The number of hydrogen-bond acceptors (Lipinski definition) is 4. The van der Waals surface area contributed by atoms with Gasteiger partial charge in [0.2, 0.25) is 11.8 Å². The van der Waals surface area contributed by atoms with E-state index in [0.29, 0.717) is 5.56 Å². The molecule has 1 aliphatic carbocycles. The topological polar surface area (TPSA) is 118 Å². The third-order valence-electron chi connectivity index (χ3n) is 3.86. The highest BCUT2D eigenvalue weighted by Gasteiger charge is 2.19. The standard InChI is InChI=1S/C16H16N4O3/c17-14(21)8-19-15(22)6-10-5-11-12-7-18-4-3-9(12)1-2-13(11)20-16(10)23/h3-5,7H,1-2,6,8H2,(H2,17,21)(H,19,22)(H,20,23). The summed E-state index contributed by atoms with van der Waals surface area (Å²) in [4.78, 5) is 41.6. The summed E-state index contributed by atoms with van der Waals surface area (Å²) in [6.45, 7) is -0.242. The molecule has 118 valence electrons. The molecule has 0 aliphatic heterocycles. The maximum Gasteiger partial charge on any atom is 0.251 e. The number of aromatic amines is 1. The fourth-order valence-electron chi connectivity index (χ4n) is 2.74. The lowest BCUT2D eigenvalue weighted by molar-refractivity contribution is -0.124. The fraction of sp³-hybridized carbons (Fsp3) is 0.250. The van der Waals surface area contributed by atoms with Crippen molar-refractivity contribution < 1.29 is 9.59 Å². The second-order valence-electron chi connectivity index (χ2n) is 5.47. The van der Waals surface area contributed by atoms with Crippen molar-refractivity contribution in [2.24, 2.45) is 5.73 Å². The largest absolute Gasteiger partial charge is 0.368 e. The number of primary amides is 1. The molecule has 1 aliphatic rings. The van der Waals surface area contributed by atoms with Crippen LogP contribution in [0.1, 0.15) is 16.8 Å². The zero-order valence-electron chi connectivity index (χ0n) is 12.4. The summed E-state index contributed by atoms with van der Waals surface area (Å²) < 4.78 is 0. The number of hydrogen-bond donors (Lipinski definition) is 3. The first kappa shape index (κ1) is 15.0. The van der Waals surface area contributed by atoms with Crippen LogP contribution < -0.4 is 16.6 Å². The van der Waals surface area contributed by atoms with Crippen LogP contribution in [0.25, 0.3) is 11.1 Å². The van der Waals surface area contributed by atoms with Crippen LogP contribution in [0.4, 0.5) is 0 Å². The minimum atomic E-state index is -0.627. The predicted molar refractivity (Wildman–Crippen MR) is 83.6 cm³/mol. The molecule has 0 saturated carbocycles. The number of aromatic nitrogens is 2. The second-order valence-corrected chi connectivity index (χ2v) is 5.47. The monoisotopic (exact) mass is 312 g/mol. The molecule has 23 heavy (non-hydrogen) atoms. The van der Waals surface area contributed by atoms with Crippen molar-refractivity contribution in [3.05, 3.63) is 51.7 Å². The van der Waals surface area contributed by atoms with Gasteiger partial charge in [-0.2, -0.15) is 0 Å². The maximum absolute atomic E-state index is 12.1. The lowest BCUT2D eigenvalue weighted by atomic mass is 9.89. The number of rotatable bonds is 4. The fourth-order valence-corrected chi connectivity index (χ4v) is 2.74. The van der Waals surface area contributed by atoms with Gasteiger partial charge in [0.05, 0.1) is 13.0 Å². The molecule has 0 bridgehead atoms. The Morgan fingerprint density at radius 1 is 1.30 bits per heavy atom. The Kier molecular flexibility index (Phi) is 3.92. The normalized spacial score (nSPS) is 12.2. The van der Waals surface area contributed by atoms with Crippen molar-refractivity contribution in [3.8, 4) is 11.1 Å². The molecule has 2 aromatic heterocycles. The minimum absolute atomic E-state index is 0.106. The highest BCUT2D eigenvalue weighted by atomic mass is 16.2. The summed E-state index contributed by atoms with van der Waals surface area (Å²) in [6.07, 6.45) is 5.00. The smallest absolute Gasteiger partial charge is 0.251 e. The zero-order valence-corrected chi connectivity index (χ0v) is 12.4. The number of fused-ring (bicyclic) bond motifs is 3. The van der Waals surface area contributed by atoms with E-state index in [9.17, 15) is 14.4 Å². The van der Waals surface area contributed by atoms with Crippen LogP contribution in [-0.4, -0.2) is 28.3 Å². The van der Waals surface area contributed by atoms with Crippen molar-refractivity contribution >= 4 is 11.8 Å². The molecule has 0 fully saturated rings. The number of aryl methyl sites for hydroxylation is 2. The molecule has 3 rings (SSSR count). The Bertz CT molecular complexity index is 841. The molecule has 7 nitrogen and oxygen atoms in total. The van der Waals surface area contributed by atoms with Crippen LogP contribution in [0, 0.1) is 0 Å². The number of carbonyl (C=O) groups excluding carboxylic acids is 2. The molecule has 4 N–H and O–H groups in total. The summed E-state index contributed by atoms with van der Waals surface area (Å²) in [5.74, 6) is -1.05. The van der Waals surface area contributed by atoms with Gasteiger partial charge < -0.3 is 16.0 Å². The first-order valence-electron chi connectivity index (χ1n) is 7.28. The quantitative estimate of drug-likeness (QED) is 0.717. The molecule has 0 spiro atoms. The van der Waals surface area contributed by atoms with E-state index in [0.717, 1.165) is 29.7 Å². The van der Waals surface area contributed by atoms with E-state index < -0.39 is 11.8 Å². The van der Waals surface area contributed by atoms with Gasteiger partial charge in [0, 0.05) is 34.8 Å². The van der Waals surface area contributed by atoms with E-state index in [-0.39, 0.29) is 18.5 Å². The summed E-state index contributed by atoms with van der Waals surface area (Å²) in [5.41, 5.74) is 8.95. The number of carbonyl (C=O) groups is 2. The van der Waals surface area contributed by atoms with Gasteiger partial charge in [0.15, 0.2) is 0 Å². The molecule has 0 saturated heterocycles. The number of nitrogens with one attached hydrogen (secondary N) is 2. The first-order valence-corrected chi connectivity index (χ1v) is 7.28. The summed E-state index contributed by atoms with van der Waals surface area (Å²) >= 11 is 0. The van der Waals surface area contributed by atoms with Gasteiger partial charge in [0.25, 0.3) is 5.56 Å². The van der Waals surface area contributed by atoms with Gasteiger partial charge in [-0.15, -0.1) is 0 Å². The zero-order chi connectivity index (χ0) is 16.4. The number of nitrogens with two attached hydrogens (primary N) is 1. The van der Waals surface area contributed by atoms with Gasteiger partial charge >= 0.3 is 0 Å². The molecule has 0 aromatic carbocycles. The highest BCUT2D eigenvalue weighted by molar-refractivity contribution is 5.85. The van der Waals surface area contributed by atoms with E-state index >= 15 is 0 Å². The summed E-state index contributed by atoms with van der Waals surface area (Å²) in [7, 11) is 0. The van der Waals surface area contributed by atoms with E-state index in [1.807, 2.05) is 6.07 Å². The van der Waals surface area contributed by atoms with E-state index in [1.54, 1.807) is 18.5 Å². The number of H-pyrrole nitrogens is 1. The Hall–Kier alpha value is -2.96. The van der Waals surface area contributed by atoms with Gasteiger partial charge in [-0.25, -0.2) is 0 Å². The van der Waals surface area contributed by atoms with Crippen LogP contribution in [0.2, 0.25) is 0 Å². The third kappa shape index (κ3) is 3.13. The van der Waals surface area contributed by atoms with Gasteiger partial charge in [-0.05, 0) is 30.5 Å². The maximum atomic E-state index is 12.1. The Morgan fingerprint density at radius 2 is 2.13 bits per heavy atom. The van der Waals surface area contributed by atoms with Crippen molar-refractivity contribution in [2.45, 2.75) is 19.3 Å². The predicted octanol–water partition coefficient (Wildman–Crippen LogP) is -0.320. The van der Waals surface area contributed by atoms with Gasteiger partial charge in [-0.3, -0.25) is 19.4 Å². The number of pyridine rings is 2. The van der Waals surface area contributed by atoms with Crippen LogP contribution in [-0.2, 0) is 28.9 Å². The lowest BCUT2D eigenvalue weighted by Crippen LogP contribution is -2.35. The summed E-state index contributed by atoms with van der Waals surface area (Å²) in [6, 6.07) is 3.69. The van der Waals surface area contributed by atoms with E-state index in [1.165, 1.54) is 5.56 Å². The van der Waals surface area contributed by atoms with E-state index in [2.05, 4.69) is 15.3 Å². The van der Waals surface area contributed by atoms with Crippen LogP contribution in [0.5, 0.6) is 0 Å². The molecule has 2 heterocycles. The summed E-state index contributed by atoms with van der Waals surface area (Å²) in [5, 5.41) is 2.38. The third-order valence-corrected chi connectivity index (χ3v) is 3.86. The first-order chi connectivity index (χ1) is 11.0. The van der Waals surface area contributed by atoms with Crippen LogP contribution in [0.3, 0.4) is 0 Å². The molecule has 2 amide bonds. The SMILES string of the molecule is NC(=O)CNC(=O)Cc1cc2c([nH]c1=O)CCc1ccncc1-2. The molecule has 0 radical (unpaired) electrons. The highest BCUT2D eigenvalue weighted by Crippen LogP contribution is 2.31. The molecule has 0 atom stereocenters. The molecule has 0 unspecified atom stereocenters. The molecular formula is C16H16N4O3. The minimum Gasteiger partial charge on any atom is -0.368 e. The average molecular weight is 312 g/mol. The van der Waals surface area contributed by atoms with Crippen molar-refractivity contribution in [1.82, 2.24) is 15.3 Å². The molecular weight excluding hydrogens is 296 g/mol. The van der Waals surface area contributed by atoms with Gasteiger partial charge in [0.1, 0.15) is 0 Å². The average Bonchev–Trinajstić information content (AvgIpc) is 2.53. The molecule has 2 aromatic rings. The Morgan fingerprint density at radius 3 is 2.91 bits per heavy atom. The lowest BCUT2D eigenvalue weighted by Gasteiger charge is -2.19. The van der Waals surface area contributed by atoms with Crippen molar-refractivity contribution in [3.63, 3.8) is 0 Å². The van der Waals surface area contributed by atoms with E-state index in [4.69, 9.17) is 5.73 Å². The Balaban J connectivity index is 1.91. The van der Waals surface area contributed by atoms with Crippen molar-refractivity contribution in [2.75, 3.05) is 6.54 Å². The van der Waals surface area contributed by atoms with Gasteiger partial charge in [-0.1, -0.05) is 0 Å². The number of nitrogens with zero attached hydrogens (tertiary/aromatic N) is 1. The van der Waals surface area contributed by atoms with Crippen molar-refractivity contribution in [1.29, 1.82) is 0 Å². The molecule has 7 heteroatoms. The number of amides is 2. The second kappa shape index (κ2) is 6.04. The Labute approximate surface area is 131 Å². The van der Waals surface area contributed by atoms with Crippen LogP contribution >= 0.6 is 0 Å².